The first-order chi connectivity index (χ1) is 7.84. The first kappa shape index (κ1) is 9.75. The van der Waals surface area contributed by atoms with E-state index < -0.39 is 0 Å². The van der Waals surface area contributed by atoms with Crippen LogP contribution in [-0.2, 0) is 0 Å². The molecule has 0 radical (unpaired) electrons. The first-order valence-corrected chi connectivity index (χ1v) is 6.05. The molecule has 3 rings (SSSR count). The second kappa shape index (κ2) is 3.85. The summed E-state index contributed by atoms with van der Waals surface area (Å²) in [6, 6.07) is 10.0. The third kappa shape index (κ3) is 1.58. The van der Waals surface area contributed by atoms with Gasteiger partial charge in [0, 0.05) is 22.5 Å². The van der Waals surface area contributed by atoms with E-state index in [1.54, 1.807) is 6.20 Å². The Labute approximate surface area is 102 Å². The van der Waals surface area contributed by atoms with E-state index in [2.05, 4.69) is 9.97 Å². The van der Waals surface area contributed by atoms with E-state index in [0.29, 0.717) is 5.15 Å². The topological polar surface area (TPSA) is 25.8 Å². The van der Waals surface area contributed by atoms with E-state index in [9.17, 15) is 0 Å². The standard InChI is InChI=1S/C12H7ClN2S/c13-10-7-16-12(15-10)9-5-1-3-8-4-2-6-14-11(8)9/h1-7H. The molecule has 2 nitrogen and oxygen atoms in total. The number of nitrogens with zero attached hydrogens (tertiary/aromatic N) is 2. The molecule has 2 heterocycles. The SMILES string of the molecule is Clc1csc(-c2cccc3cccnc23)n1. The minimum atomic E-state index is 0.535. The van der Waals surface area contributed by atoms with Gasteiger partial charge in [0.25, 0.3) is 0 Å². The molecule has 0 aliphatic carbocycles. The van der Waals surface area contributed by atoms with Crippen molar-refractivity contribution in [2.45, 2.75) is 0 Å². The highest BCUT2D eigenvalue weighted by atomic mass is 35.5. The van der Waals surface area contributed by atoms with E-state index in [1.807, 2.05) is 35.7 Å². The molecular formula is C12H7ClN2S. The fraction of sp³-hybridized carbons (Fsp3) is 0. The third-order valence-electron chi connectivity index (χ3n) is 2.34. The molecule has 1 aromatic carbocycles. The molecule has 0 amide bonds. The molecule has 0 saturated heterocycles. The molecule has 0 bridgehead atoms. The Balaban J connectivity index is 2.31. The van der Waals surface area contributed by atoms with Crippen LogP contribution in [0.25, 0.3) is 21.5 Å². The van der Waals surface area contributed by atoms with Crippen LogP contribution in [0.1, 0.15) is 0 Å². The van der Waals surface area contributed by atoms with Crippen molar-refractivity contribution in [2.24, 2.45) is 0 Å². The summed E-state index contributed by atoms with van der Waals surface area (Å²) in [4.78, 5) is 8.67. The molecule has 3 aromatic rings. The van der Waals surface area contributed by atoms with Crippen LogP contribution >= 0.6 is 22.9 Å². The maximum atomic E-state index is 5.84. The average Bonchev–Trinajstić information content (AvgIpc) is 2.75. The van der Waals surface area contributed by atoms with Crippen molar-refractivity contribution in [1.82, 2.24) is 9.97 Å². The molecule has 0 fully saturated rings. The fourth-order valence-electron chi connectivity index (χ4n) is 1.65. The van der Waals surface area contributed by atoms with Crippen LogP contribution < -0.4 is 0 Å². The highest BCUT2D eigenvalue weighted by molar-refractivity contribution is 7.13. The lowest BCUT2D eigenvalue weighted by molar-refractivity contribution is 1.38. The summed E-state index contributed by atoms with van der Waals surface area (Å²) in [6.45, 7) is 0. The van der Waals surface area contributed by atoms with Gasteiger partial charge in [0.2, 0.25) is 0 Å². The van der Waals surface area contributed by atoms with Gasteiger partial charge in [0.15, 0.2) is 0 Å². The number of fused-ring (bicyclic) bond motifs is 1. The lowest BCUT2D eigenvalue weighted by Crippen LogP contribution is -1.83. The van der Waals surface area contributed by atoms with Crippen molar-refractivity contribution in [2.75, 3.05) is 0 Å². The molecular weight excluding hydrogens is 240 g/mol. The van der Waals surface area contributed by atoms with Crippen molar-refractivity contribution in [1.29, 1.82) is 0 Å². The van der Waals surface area contributed by atoms with Gasteiger partial charge in [-0.05, 0) is 12.1 Å². The molecule has 0 spiro atoms. The van der Waals surface area contributed by atoms with E-state index >= 15 is 0 Å². The average molecular weight is 247 g/mol. The number of rotatable bonds is 1. The first-order valence-electron chi connectivity index (χ1n) is 4.80. The van der Waals surface area contributed by atoms with Gasteiger partial charge in [-0.3, -0.25) is 4.98 Å². The molecule has 4 heteroatoms. The van der Waals surface area contributed by atoms with Crippen LogP contribution in [0.5, 0.6) is 0 Å². The number of aromatic nitrogens is 2. The number of pyridine rings is 1. The minimum Gasteiger partial charge on any atom is -0.256 e. The maximum Gasteiger partial charge on any atom is 0.140 e. The van der Waals surface area contributed by atoms with Gasteiger partial charge in [-0.15, -0.1) is 11.3 Å². The summed E-state index contributed by atoms with van der Waals surface area (Å²) < 4.78 is 0. The Hall–Kier alpha value is -1.45. The number of para-hydroxylation sites is 1. The van der Waals surface area contributed by atoms with Crippen molar-refractivity contribution in [3.05, 3.63) is 47.1 Å². The molecule has 0 atom stereocenters. The molecule has 0 aliphatic heterocycles. The third-order valence-corrected chi connectivity index (χ3v) is 3.54. The summed E-state index contributed by atoms with van der Waals surface area (Å²) in [7, 11) is 0. The van der Waals surface area contributed by atoms with Gasteiger partial charge in [-0.2, -0.15) is 0 Å². The van der Waals surface area contributed by atoms with Crippen LogP contribution in [0.3, 0.4) is 0 Å². The number of benzene rings is 1. The number of hydrogen-bond donors (Lipinski definition) is 0. The van der Waals surface area contributed by atoms with Gasteiger partial charge in [0.1, 0.15) is 10.2 Å². The molecule has 0 aliphatic rings. The Morgan fingerprint density at radius 2 is 2.00 bits per heavy atom. The molecule has 16 heavy (non-hydrogen) atoms. The molecule has 0 saturated carbocycles. The summed E-state index contributed by atoms with van der Waals surface area (Å²) in [5.74, 6) is 0. The zero-order chi connectivity index (χ0) is 11.0. The Bertz CT molecular complexity index is 643. The number of hydrogen-bond acceptors (Lipinski definition) is 3. The zero-order valence-corrected chi connectivity index (χ0v) is 9.79. The largest absolute Gasteiger partial charge is 0.256 e. The zero-order valence-electron chi connectivity index (χ0n) is 8.22. The minimum absolute atomic E-state index is 0.535. The molecule has 0 N–H and O–H groups in total. The van der Waals surface area contributed by atoms with Gasteiger partial charge >= 0.3 is 0 Å². The number of thiazole rings is 1. The predicted molar refractivity (Wildman–Crippen MR) is 67.9 cm³/mol. The molecule has 0 unspecified atom stereocenters. The quantitative estimate of drug-likeness (QED) is 0.648. The van der Waals surface area contributed by atoms with Crippen molar-refractivity contribution < 1.29 is 0 Å². The van der Waals surface area contributed by atoms with Crippen LogP contribution in [0.15, 0.2) is 41.9 Å². The van der Waals surface area contributed by atoms with Crippen molar-refractivity contribution in [3.8, 4) is 10.6 Å². The lowest BCUT2D eigenvalue weighted by atomic mass is 10.1. The maximum absolute atomic E-state index is 5.84. The molecule has 2 aromatic heterocycles. The predicted octanol–water partition coefficient (Wildman–Crippen LogP) is 4.01. The normalized spacial score (nSPS) is 10.8. The van der Waals surface area contributed by atoms with Gasteiger partial charge < -0.3 is 0 Å². The monoisotopic (exact) mass is 246 g/mol. The Morgan fingerprint density at radius 1 is 1.12 bits per heavy atom. The van der Waals surface area contributed by atoms with E-state index in [0.717, 1.165) is 21.5 Å². The highest BCUT2D eigenvalue weighted by Gasteiger charge is 2.07. The number of halogens is 1. The van der Waals surface area contributed by atoms with Gasteiger partial charge in [0.05, 0.1) is 5.52 Å². The van der Waals surface area contributed by atoms with Gasteiger partial charge in [-0.25, -0.2) is 4.98 Å². The highest BCUT2D eigenvalue weighted by Crippen LogP contribution is 2.30. The van der Waals surface area contributed by atoms with Crippen LogP contribution in [0.2, 0.25) is 5.15 Å². The summed E-state index contributed by atoms with van der Waals surface area (Å²) in [5, 5.41) is 4.40. The van der Waals surface area contributed by atoms with Crippen LogP contribution in [0, 0.1) is 0 Å². The van der Waals surface area contributed by atoms with Crippen molar-refractivity contribution >= 4 is 33.8 Å². The van der Waals surface area contributed by atoms with E-state index in [4.69, 9.17) is 11.6 Å². The second-order valence-corrected chi connectivity index (χ2v) is 4.60. The Morgan fingerprint density at radius 3 is 2.81 bits per heavy atom. The summed E-state index contributed by atoms with van der Waals surface area (Å²) in [6.07, 6.45) is 1.79. The lowest BCUT2D eigenvalue weighted by Gasteiger charge is -2.01. The summed E-state index contributed by atoms with van der Waals surface area (Å²) in [5.41, 5.74) is 2.01. The molecule has 78 valence electrons. The van der Waals surface area contributed by atoms with Crippen molar-refractivity contribution in [3.63, 3.8) is 0 Å². The second-order valence-electron chi connectivity index (χ2n) is 3.36. The Kier molecular flexibility index (Phi) is 2.35. The van der Waals surface area contributed by atoms with E-state index in [1.165, 1.54) is 11.3 Å². The van der Waals surface area contributed by atoms with Crippen LogP contribution in [-0.4, -0.2) is 9.97 Å². The van der Waals surface area contributed by atoms with Crippen LogP contribution in [0.4, 0.5) is 0 Å². The fourth-order valence-corrected chi connectivity index (χ4v) is 2.63. The van der Waals surface area contributed by atoms with E-state index in [-0.39, 0.29) is 0 Å². The summed E-state index contributed by atoms with van der Waals surface area (Å²) >= 11 is 7.37. The smallest absolute Gasteiger partial charge is 0.140 e. The van der Waals surface area contributed by atoms with Gasteiger partial charge in [-0.1, -0.05) is 29.8 Å².